The summed E-state index contributed by atoms with van der Waals surface area (Å²) in [5.74, 6) is -0.909. The smallest absolute Gasteiger partial charge is 0.244 e. The number of hydrogen-bond donors (Lipinski definition) is 1. The van der Waals surface area contributed by atoms with Crippen LogP contribution in [0.3, 0.4) is 0 Å². The number of sulfonamides is 1. The molecule has 0 heterocycles. The number of carbonyl (C=O) groups excluding carboxylic acids is 2. The summed E-state index contributed by atoms with van der Waals surface area (Å²) in [6.45, 7) is 3.57. The van der Waals surface area contributed by atoms with Crippen molar-refractivity contribution in [3.8, 4) is 0 Å². The standard InChI is InChI=1S/C23H28Cl3N3O4S/c1-4-5-12-27-23(31)16(2)28(14-17-6-7-19(25)13-21(17)26)22(30)15-29(34(3,32)33)20-10-8-18(24)9-11-20/h6-11,13,16H,4-5,12,14-15H2,1-3H3,(H,27,31)/t16-/m0/s1. The van der Waals surface area contributed by atoms with Gasteiger partial charge in [0, 0.05) is 28.2 Å². The zero-order valence-electron chi connectivity index (χ0n) is 19.2. The molecule has 0 saturated carbocycles. The van der Waals surface area contributed by atoms with E-state index >= 15 is 0 Å². The second-order valence-corrected chi connectivity index (χ2v) is 11.0. The molecule has 0 unspecified atom stereocenters. The van der Waals surface area contributed by atoms with Crippen LogP contribution < -0.4 is 9.62 Å². The Balaban J connectivity index is 2.37. The summed E-state index contributed by atoms with van der Waals surface area (Å²) in [6.07, 6.45) is 2.71. The first kappa shape index (κ1) is 28.2. The fourth-order valence-electron chi connectivity index (χ4n) is 3.17. The molecule has 0 saturated heterocycles. The van der Waals surface area contributed by atoms with Crippen molar-refractivity contribution in [2.75, 3.05) is 23.7 Å². The maximum absolute atomic E-state index is 13.4. The van der Waals surface area contributed by atoms with Crippen molar-refractivity contribution in [3.63, 3.8) is 0 Å². The number of amides is 2. The van der Waals surface area contributed by atoms with Crippen LogP contribution in [0.5, 0.6) is 0 Å². The predicted octanol–water partition coefficient (Wildman–Crippen LogP) is 4.75. The first-order valence-corrected chi connectivity index (χ1v) is 13.7. The molecule has 2 aromatic rings. The lowest BCUT2D eigenvalue weighted by atomic mass is 10.1. The van der Waals surface area contributed by atoms with E-state index in [-0.39, 0.29) is 18.1 Å². The van der Waals surface area contributed by atoms with Crippen LogP contribution in [0.25, 0.3) is 0 Å². The minimum atomic E-state index is -3.81. The van der Waals surface area contributed by atoms with Crippen LogP contribution in [0, 0.1) is 0 Å². The number of nitrogens with zero attached hydrogens (tertiary/aromatic N) is 2. The maximum Gasteiger partial charge on any atom is 0.244 e. The van der Waals surface area contributed by atoms with Gasteiger partial charge in [0.15, 0.2) is 0 Å². The van der Waals surface area contributed by atoms with Gasteiger partial charge in [-0.15, -0.1) is 0 Å². The molecule has 2 rings (SSSR count). The highest BCUT2D eigenvalue weighted by Gasteiger charge is 2.30. The third-order valence-electron chi connectivity index (χ3n) is 5.15. The monoisotopic (exact) mass is 547 g/mol. The van der Waals surface area contributed by atoms with Gasteiger partial charge in [0.25, 0.3) is 0 Å². The van der Waals surface area contributed by atoms with E-state index in [4.69, 9.17) is 34.8 Å². The van der Waals surface area contributed by atoms with Crippen molar-refractivity contribution in [1.29, 1.82) is 0 Å². The fourth-order valence-corrected chi connectivity index (χ4v) is 4.62. The minimum absolute atomic E-state index is 0.00454. The summed E-state index contributed by atoms with van der Waals surface area (Å²) in [6, 6.07) is 10.1. The van der Waals surface area contributed by atoms with Gasteiger partial charge >= 0.3 is 0 Å². The molecule has 0 spiro atoms. The molecule has 7 nitrogen and oxygen atoms in total. The number of halogens is 3. The summed E-state index contributed by atoms with van der Waals surface area (Å²) < 4.78 is 26.0. The first-order valence-electron chi connectivity index (χ1n) is 10.7. The maximum atomic E-state index is 13.4. The highest BCUT2D eigenvalue weighted by atomic mass is 35.5. The van der Waals surface area contributed by atoms with Gasteiger partial charge in [-0.2, -0.15) is 0 Å². The van der Waals surface area contributed by atoms with Crippen molar-refractivity contribution in [2.24, 2.45) is 0 Å². The summed E-state index contributed by atoms with van der Waals surface area (Å²) in [5, 5.41) is 4.01. The van der Waals surface area contributed by atoms with Crippen LogP contribution >= 0.6 is 34.8 Å². The highest BCUT2D eigenvalue weighted by molar-refractivity contribution is 7.92. The molecule has 0 aliphatic carbocycles. The Kier molecular flexibility index (Phi) is 10.5. The molecule has 11 heteroatoms. The molecule has 186 valence electrons. The number of anilines is 1. The van der Waals surface area contributed by atoms with Crippen molar-refractivity contribution < 1.29 is 18.0 Å². The number of unbranched alkanes of at least 4 members (excludes halogenated alkanes) is 1. The Morgan fingerprint density at radius 3 is 2.21 bits per heavy atom. The van der Waals surface area contributed by atoms with E-state index in [2.05, 4.69) is 5.32 Å². The number of hydrogen-bond acceptors (Lipinski definition) is 4. The van der Waals surface area contributed by atoms with Crippen molar-refractivity contribution >= 4 is 62.3 Å². The molecule has 0 radical (unpaired) electrons. The van der Waals surface area contributed by atoms with Crippen molar-refractivity contribution in [2.45, 2.75) is 39.3 Å². The van der Waals surface area contributed by atoms with Crippen LogP contribution in [0.15, 0.2) is 42.5 Å². The van der Waals surface area contributed by atoms with Gasteiger partial charge in [0.1, 0.15) is 12.6 Å². The molecule has 0 aliphatic rings. The van der Waals surface area contributed by atoms with E-state index in [9.17, 15) is 18.0 Å². The van der Waals surface area contributed by atoms with Gasteiger partial charge in [-0.25, -0.2) is 8.42 Å². The molecule has 0 bridgehead atoms. The largest absolute Gasteiger partial charge is 0.354 e. The second-order valence-electron chi connectivity index (χ2n) is 7.82. The van der Waals surface area contributed by atoms with Gasteiger partial charge in [-0.1, -0.05) is 54.2 Å². The average molecular weight is 549 g/mol. The van der Waals surface area contributed by atoms with E-state index < -0.39 is 28.5 Å². The molecule has 0 aromatic heterocycles. The molecule has 0 fully saturated rings. The Morgan fingerprint density at radius 1 is 1.03 bits per heavy atom. The average Bonchev–Trinajstić information content (AvgIpc) is 2.76. The van der Waals surface area contributed by atoms with Crippen LogP contribution in [0.1, 0.15) is 32.3 Å². The van der Waals surface area contributed by atoms with E-state index in [1.165, 1.54) is 29.2 Å². The van der Waals surface area contributed by atoms with E-state index in [1.807, 2.05) is 6.92 Å². The van der Waals surface area contributed by atoms with Crippen LogP contribution in [0.4, 0.5) is 5.69 Å². The summed E-state index contributed by atoms with van der Waals surface area (Å²) in [5.41, 5.74) is 0.856. The van der Waals surface area contributed by atoms with Crippen molar-refractivity contribution in [1.82, 2.24) is 10.2 Å². The molecule has 2 aromatic carbocycles. The quantitative estimate of drug-likeness (QED) is 0.411. The lowest BCUT2D eigenvalue weighted by molar-refractivity contribution is -0.139. The molecule has 34 heavy (non-hydrogen) atoms. The van der Waals surface area contributed by atoms with Crippen LogP contribution in [0.2, 0.25) is 15.1 Å². The van der Waals surface area contributed by atoms with Gasteiger partial charge in [0.2, 0.25) is 21.8 Å². The first-order chi connectivity index (χ1) is 15.9. The lowest BCUT2D eigenvalue weighted by Gasteiger charge is -2.31. The highest BCUT2D eigenvalue weighted by Crippen LogP contribution is 2.25. The summed E-state index contributed by atoms with van der Waals surface area (Å²) >= 11 is 18.2. The fraction of sp³-hybridized carbons (Fsp3) is 0.391. The van der Waals surface area contributed by atoms with Gasteiger partial charge in [0.05, 0.1) is 11.9 Å². The number of rotatable bonds is 11. The molecular weight excluding hydrogens is 521 g/mol. The van der Waals surface area contributed by atoms with E-state index in [1.54, 1.807) is 25.1 Å². The molecule has 0 aliphatic heterocycles. The Morgan fingerprint density at radius 2 is 1.65 bits per heavy atom. The Hall–Kier alpha value is -2.00. The normalized spacial score (nSPS) is 12.2. The third-order valence-corrected chi connectivity index (χ3v) is 7.13. The Labute approximate surface area is 216 Å². The number of benzene rings is 2. The Bertz CT molecular complexity index is 1110. The van der Waals surface area contributed by atoms with E-state index in [0.29, 0.717) is 27.2 Å². The lowest BCUT2D eigenvalue weighted by Crippen LogP contribution is -2.51. The summed E-state index contributed by atoms with van der Waals surface area (Å²) in [4.78, 5) is 27.5. The SMILES string of the molecule is CCCCNC(=O)[C@H](C)N(Cc1ccc(Cl)cc1Cl)C(=O)CN(c1ccc(Cl)cc1)S(C)(=O)=O. The minimum Gasteiger partial charge on any atom is -0.354 e. The zero-order chi connectivity index (χ0) is 25.5. The predicted molar refractivity (Wildman–Crippen MR) is 138 cm³/mol. The van der Waals surface area contributed by atoms with Gasteiger partial charge in [-0.3, -0.25) is 13.9 Å². The van der Waals surface area contributed by atoms with Gasteiger partial charge in [-0.05, 0) is 55.3 Å². The van der Waals surface area contributed by atoms with Crippen molar-refractivity contribution in [3.05, 3.63) is 63.1 Å². The number of carbonyl (C=O) groups is 2. The van der Waals surface area contributed by atoms with E-state index in [0.717, 1.165) is 23.4 Å². The second kappa shape index (κ2) is 12.6. The molecular formula is C23H28Cl3N3O4S. The topological polar surface area (TPSA) is 86.8 Å². The molecule has 1 atom stereocenters. The zero-order valence-corrected chi connectivity index (χ0v) is 22.3. The molecule has 2 amide bonds. The molecule has 1 N–H and O–H groups in total. The summed E-state index contributed by atoms with van der Waals surface area (Å²) in [7, 11) is -3.81. The van der Waals surface area contributed by atoms with Gasteiger partial charge < -0.3 is 10.2 Å². The van der Waals surface area contributed by atoms with Crippen LogP contribution in [-0.2, 0) is 26.2 Å². The van der Waals surface area contributed by atoms with Crippen LogP contribution in [-0.4, -0.2) is 50.5 Å². The third kappa shape index (κ3) is 8.05. The number of nitrogens with one attached hydrogen (secondary N) is 1.